The lowest BCUT2D eigenvalue weighted by molar-refractivity contribution is 0.0990. The molecule has 0 aliphatic carbocycles. The summed E-state index contributed by atoms with van der Waals surface area (Å²) in [6.07, 6.45) is 3.40. The maximum atomic E-state index is 13.4. The third kappa shape index (κ3) is 5.22. The van der Waals surface area contributed by atoms with E-state index in [0.717, 1.165) is 11.1 Å². The van der Waals surface area contributed by atoms with E-state index in [1.54, 1.807) is 56.6 Å². The van der Waals surface area contributed by atoms with Crippen LogP contribution >= 0.6 is 0 Å². The number of nitrogens with zero attached hydrogens (tertiary/aromatic N) is 4. The third-order valence-electron chi connectivity index (χ3n) is 6.34. The molecule has 39 heavy (non-hydrogen) atoms. The molecule has 0 N–H and O–H groups in total. The van der Waals surface area contributed by atoms with Crippen LogP contribution < -0.4 is 10.3 Å². The van der Waals surface area contributed by atoms with Crippen molar-refractivity contribution in [3.05, 3.63) is 124 Å². The predicted molar refractivity (Wildman–Crippen MR) is 148 cm³/mol. The number of fused-ring (bicyclic) bond motifs is 1. The van der Waals surface area contributed by atoms with Crippen molar-refractivity contribution in [1.82, 2.24) is 19.5 Å². The Balaban J connectivity index is 1.37. The highest BCUT2D eigenvalue weighted by Crippen LogP contribution is 2.29. The molecule has 0 fully saturated rings. The number of carbonyl (C=O) groups excluding carboxylic acids is 1. The standard InChI is InChI=1S/C31H25FN4O3/c1-18(2)22-16-26-30(34-17-22)28(13-14-33-26)39-25-11-5-21(6-12-25)15-27(37)29-19(3)35-20(4)36(31(29)38)24-9-7-23(32)8-10-24/h5-14,16-17H,1,15H2,2-4H3. The van der Waals surface area contributed by atoms with E-state index in [-0.39, 0.29) is 17.8 Å². The molecule has 0 saturated carbocycles. The minimum atomic E-state index is -0.483. The monoisotopic (exact) mass is 520 g/mol. The number of halogens is 1. The highest BCUT2D eigenvalue weighted by molar-refractivity contribution is 5.98. The van der Waals surface area contributed by atoms with Crippen LogP contribution in [-0.4, -0.2) is 25.3 Å². The summed E-state index contributed by atoms with van der Waals surface area (Å²) in [5.74, 6) is 0.762. The van der Waals surface area contributed by atoms with Gasteiger partial charge in [0, 0.05) is 24.9 Å². The van der Waals surface area contributed by atoms with Gasteiger partial charge in [-0.3, -0.25) is 24.1 Å². The molecule has 2 aromatic carbocycles. The van der Waals surface area contributed by atoms with Crippen molar-refractivity contribution in [3.63, 3.8) is 0 Å². The van der Waals surface area contributed by atoms with Gasteiger partial charge in [0.25, 0.3) is 5.56 Å². The van der Waals surface area contributed by atoms with Crippen molar-refractivity contribution in [2.75, 3.05) is 0 Å². The summed E-state index contributed by atoms with van der Waals surface area (Å²) < 4.78 is 20.8. The molecule has 5 rings (SSSR count). The van der Waals surface area contributed by atoms with Gasteiger partial charge in [0.15, 0.2) is 11.5 Å². The molecule has 3 heterocycles. The minimum Gasteiger partial charge on any atom is -0.455 e. The molecule has 0 atom stereocenters. The first-order valence-corrected chi connectivity index (χ1v) is 12.3. The van der Waals surface area contributed by atoms with Gasteiger partial charge in [0.05, 0.1) is 16.9 Å². The van der Waals surface area contributed by atoms with Gasteiger partial charge in [0.1, 0.15) is 28.5 Å². The van der Waals surface area contributed by atoms with E-state index in [1.807, 2.05) is 13.0 Å². The summed E-state index contributed by atoms with van der Waals surface area (Å²) in [5.41, 5.74) is 4.16. The number of ether oxygens (including phenoxy) is 1. The van der Waals surface area contributed by atoms with Gasteiger partial charge in [-0.1, -0.05) is 18.7 Å². The number of benzene rings is 2. The molecule has 0 spiro atoms. The zero-order valence-electron chi connectivity index (χ0n) is 21.7. The number of rotatable bonds is 7. The summed E-state index contributed by atoms with van der Waals surface area (Å²) in [4.78, 5) is 39.8. The van der Waals surface area contributed by atoms with E-state index in [4.69, 9.17) is 4.74 Å². The number of pyridine rings is 2. The average Bonchev–Trinajstić information content (AvgIpc) is 2.90. The lowest BCUT2D eigenvalue weighted by atomic mass is 10.0. The third-order valence-corrected chi connectivity index (χ3v) is 6.34. The highest BCUT2D eigenvalue weighted by Gasteiger charge is 2.20. The molecule has 0 amide bonds. The molecule has 0 bridgehead atoms. The van der Waals surface area contributed by atoms with Crippen molar-refractivity contribution >= 4 is 22.4 Å². The summed E-state index contributed by atoms with van der Waals surface area (Å²) in [7, 11) is 0. The van der Waals surface area contributed by atoms with Gasteiger partial charge in [0.2, 0.25) is 0 Å². The molecular weight excluding hydrogens is 495 g/mol. The maximum absolute atomic E-state index is 13.4. The van der Waals surface area contributed by atoms with Crippen LogP contribution in [0.25, 0.3) is 22.3 Å². The fourth-order valence-electron chi connectivity index (χ4n) is 4.37. The molecule has 0 aliphatic heterocycles. The smallest absolute Gasteiger partial charge is 0.269 e. The van der Waals surface area contributed by atoms with Crippen molar-refractivity contribution in [1.29, 1.82) is 0 Å². The van der Waals surface area contributed by atoms with Crippen LogP contribution in [0.2, 0.25) is 0 Å². The van der Waals surface area contributed by atoms with Gasteiger partial charge in [-0.15, -0.1) is 0 Å². The number of carbonyl (C=O) groups is 1. The van der Waals surface area contributed by atoms with Crippen LogP contribution in [0.3, 0.4) is 0 Å². The van der Waals surface area contributed by atoms with Gasteiger partial charge in [-0.2, -0.15) is 0 Å². The van der Waals surface area contributed by atoms with E-state index < -0.39 is 11.4 Å². The second-order valence-electron chi connectivity index (χ2n) is 9.26. The molecule has 3 aromatic heterocycles. The first-order chi connectivity index (χ1) is 18.7. The molecule has 0 aliphatic rings. The van der Waals surface area contributed by atoms with Crippen LogP contribution in [0.4, 0.5) is 4.39 Å². The normalized spacial score (nSPS) is 11.0. The van der Waals surface area contributed by atoms with Crippen LogP contribution in [0, 0.1) is 19.7 Å². The zero-order chi connectivity index (χ0) is 27.7. The molecule has 8 heteroatoms. The largest absolute Gasteiger partial charge is 0.455 e. The Morgan fingerprint density at radius 2 is 1.74 bits per heavy atom. The van der Waals surface area contributed by atoms with Crippen molar-refractivity contribution in [2.24, 2.45) is 0 Å². The molecule has 0 saturated heterocycles. The molecular formula is C31H25FN4O3. The molecule has 194 valence electrons. The Bertz CT molecular complexity index is 1790. The molecule has 0 radical (unpaired) electrons. The quantitative estimate of drug-likeness (QED) is 0.238. The molecule has 5 aromatic rings. The second-order valence-corrected chi connectivity index (χ2v) is 9.26. The maximum Gasteiger partial charge on any atom is 0.269 e. The number of aryl methyl sites for hydroxylation is 2. The first kappa shape index (κ1) is 25.7. The molecule has 7 nitrogen and oxygen atoms in total. The Morgan fingerprint density at radius 1 is 1.03 bits per heavy atom. The van der Waals surface area contributed by atoms with E-state index in [2.05, 4.69) is 21.5 Å². The summed E-state index contributed by atoms with van der Waals surface area (Å²) in [5, 5.41) is 0. The number of hydrogen-bond acceptors (Lipinski definition) is 6. The fraction of sp³-hybridized carbons (Fsp3) is 0.129. The Morgan fingerprint density at radius 3 is 2.44 bits per heavy atom. The fourth-order valence-corrected chi connectivity index (χ4v) is 4.37. The van der Waals surface area contributed by atoms with Gasteiger partial charge in [-0.25, -0.2) is 9.37 Å². The number of allylic oxidation sites excluding steroid dienone is 1. The number of ketones is 1. The van der Waals surface area contributed by atoms with Crippen LogP contribution in [0.1, 0.15) is 39.9 Å². The molecule has 0 unspecified atom stereocenters. The summed E-state index contributed by atoms with van der Waals surface area (Å²) >= 11 is 0. The summed E-state index contributed by atoms with van der Waals surface area (Å²) in [6, 6.07) is 16.2. The Labute approximate surface area is 224 Å². The predicted octanol–water partition coefficient (Wildman–Crippen LogP) is 6.18. The number of aromatic nitrogens is 4. The van der Waals surface area contributed by atoms with E-state index in [9.17, 15) is 14.0 Å². The topological polar surface area (TPSA) is 87.0 Å². The van der Waals surface area contributed by atoms with Crippen LogP contribution in [-0.2, 0) is 6.42 Å². The van der Waals surface area contributed by atoms with E-state index in [1.165, 1.54) is 28.8 Å². The van der Waals surface area contributed by atoms with Crippen LogP contribution in [0.5, 0.6) is 11.5 Å². The van der Waals surface area contributed by atoms with Crippen LogP contribution in [0.15, 0.2) is 84.4 Å². The SMILES string of the molecule is C=C(C)c1cnc2c(Oc3ccc(CC(=O)c4c(C)nc(C)n(-c5ccc(F)cc5)c4=O)cc3)ccnc2c1. The van der Waals surface area contributed by atoms with E-state index in [0.29, 0.717) is 45.3 Å². The van der Waals surface area contributed by atoms with Crippen molar-refractivity contribution in [3.8, 4) is 17.2 Å². The minimum absolute atomic E-state index is 0.00788. The Kier molecular flexibility index (Phi) is 6.85. The highest BCUT2D eigenvalue weighted by atomic mass is 19.1. The number of hydrogen-bond donors (Lipinski definition) is 0. The van der Waals surface area contributed by atoms with Gasteiger partial charge < -0.3 is 4.74 Å². The Hall–Kier alpha value is -4.98. The lowest BCUT2D eigenvalue weighted by Crippen LogP contribution is -2.30. The average molecular weight is 521 g/mol. The van der Waals surface area contributed by atoms with Gasteiger partial charge in [-0.05, 0) is 79.9 Å². The number of Topliss-reactive ketones (excluding diaryl/α,β-unsaturated/α-hetero) is 1. The van der Waals surface area contributed by atoms with E-state index >= 15 is 0 Å². The summed E-state index contributed by atoms with van der Waals surface area (Å²) in [6.45, 7) is 9.17. The van der Waals surface area contributed by atoms with Crippen molar-refractivity contribution < 1.29 is 13.9 Å². The van der Waals surface area contributed by atoms with Gasteiger partial charge >= 0.3 is 0 Å². The van der Waals surface area contributed by atoms with Crippen molar-refractivity contribution in [2.45, 2.75) is 27.2 Å². The zero-order valence-corrected chi connectivity index (χ0v) is 21.7. The second kappa shape index (κ2) is 10.4. The first-order valence-electron chi connectivity index (χ1n) is 12.3. The lowest BCUT2D eigenvalue weighted by Gasteiger charge is -2.13.